The van der Waals surface area contributed by atoms with Gasteiger partial charge in [-0.2, -0.15) is 5.26 Å². The van der Waals surface area contributed by atoms with Gasteiger partial charge in [-0.3, -0.25) is 0 Å². The fourth-order valence-electron chi connectivity index (χ4n) is 1.23. The van der Waals surface area contributed by atoms with E-state index in [1.165, 1.54) is 18.4 Å². The van der Waals surface area contributed by atoms with Gasteiger partial charge in [0.05, 0.1) is 10.8 Å². The largest absolute Gasteiger partial charge is 0.425 e. The number of halogens is 5. The molecule has 0 radical (unpaired) electrons. The van der Waals surface area contributed by atoms with Crippen molar-refractivity contribution in [3.63, 3.8) is 0 Å². The van der Waals surface area contributed by atoms with Crippen LogP contribution in [0.2, 0.25) is 0 Å². The van der Waals surface area contributed by atoms with Gasteiger partial charge < -0.3 is 7.66 Å². The monoisotopic (exact) mass is 445 g/mol. The molecule has 0 aliphatic rings. The highest BCUT2D eigenvalue weighted by Gasteiger charge is 2.31. The van der Waals surface area contributed by atoms with Crippen LogP contribution in [0.1, 0.15) is 5.56 Å². The number of nitriles is 1. The van der Waals surface area contributed by atoms with Crippen LogP contribution < -0.4 is 10.4 Å². The van der Waals surface area contributed by atoms with Crippen molar-refractivity contribution >= 4 is 61.0 Å². The van der Waals surface area contributed by atoms with Crippen LogP contribution >= 0.6 is 48.4 Å². The van der Waals surface area contributed by atoms with Crippen molar-refractivity contribution in [3.05, 3.63) is 34.0 Å². The Labute approximate surface area is 127 Å². The van der Waals surface area contributed by atoms with Gasteiger partial charge in [0.1, 0.15) is 24.4 Å². The Morgan fingerprint density at radius 2 is 1.89 bits per heavy atom. The first-order chi connectivity index (χ1) is 8.47. The first-order valence-corrected chi connectivity index (χ1v) is 6.40. The lowest BCUT2D eigenvalue weighted by Gasteiger charge is -2.10. The predicted octanol–water partition coefficient (Wildman–Crippen LogP) is 3.00. The fraction of sp³-hybridized carbons (Fsp3) is 0.100. The predicted molar refractivity (Wildman–Crippen MR) is 71.9 cm³/mol. The average Bonchev–Trinajstić information content (AvgIpc) is 2.34. The van der Waals surface area contributed by atoms with E-state index in [1.54, 1.807) is 0 Å². The van der Waals surface area contributed by atoms with E-state index < -0.39 is 16.0 Å². The molecule has 1 atom stereocenters. The van der Waals surface area contributed by atoms with E-state index in [0.29, 0.717) is 5.22 Å². The number of benzene rings is 1. The van der Waals surface area contributed by atoms with Crippen LogP contribution in [0.3, 0.4) is 0 Å². The maximum Gasteiger partial charge on any atom is 0.277 e. The minimum atomic E-state index is -2.61. The number of hydrogen-bond donors (Lipinski definition) is 0. The zero-order valence-electron chi connectivity index (χ0n) is 8.46. The lowest BCUT2D eigenvalue weighted by Crippen LogP contribution is -2.31. The van der Waals surface area contributed by atoms with Gasteiger partial charge in [0.15, 0.2) is 32.5 Å². The second-order valence-corrected chi connectivity index (χ2v) is 4.87. The van der Waals surface area contributed by atoms with Crippen molar-refractivity contribution in [3.8, 4) is 6.07 Å². The second-order valence-electron chi connectivity index (χ2n) is 3.03. The van der Waals surface area contributed by atoms with Crippen molar-refractivity contribution in [2.24, 2.45) is 0 Å². The minimum absolute atomic E-state index is 0.0689. The third-order valence-electron chi connectivity index (χ3n) is 2.03. The Morgan fingerprint density at radius 1 is 1.28 bits per heavy atom. The van der Waals surface area contributed by atoms with Crippen LogP contribution in [0.4, 0.5) is 8.78 Å². The molecule has 0 N–H and O–H groups in total. The molecule has 0 spiro atoms. The van der Waals surface area contributed by atoms with Crippen molar-refractivity contribution < 1.29 is 16.4 Å². The van der Waals surface area contributed by atoms with E-state index in [1.807, 2.05) is 0 Å². The highest BCUT2D eigenvalue weighted by atomic mass is 79.9. The van der Waals surface area contributed by atoms with E-state index in [2.05, 4.69) is 56.1 Å². The number of rotatable bonds is 3. The molecule has 0 bridgehead atoms. The average molecular weight is 448 g/mol. The smallest absolute Gasteiger partial charge is 0.277 e. The van der Waals surface area contributed by atoms with Gasteiger partial charge in [-0.15, -0.1) is 0 Å². The van der Waals surface area contributed by atoms with Crippen LogP contribution in [0.25, 0.3) is 12.5 Å². The van der Waals surface area contributed by atoms with Crippen molar-refractivity contribution in [2.45, 2.75) is 4.58 Å². The molecule has 0 amide bonds. The molecule has 0 fully saturated rings. The quantitative estimate of drug-likeness (QED) is 0.669. The van der Waals surface area contributed by atoms with Gasteiger partial charge in [0.2, 0.25) is 0 Å². The van der Waals surface area contributed by atoms with E-state index in [-0.39, 0.29) is 5.22 Å². The lowest BCUT2D eigenvalue weighted by molar-refractivity contribution is 0.371. The number of hydrogen-bond acceptors (Lipinski definition) is 3. The first-order valence-electron chi connectivity index (χ1n) is 4.31. The maximum absolute atomic E-state index is 14.1. The van der Waals surface area contributed by atoms with Crippen LogP contribution in [0, 0.1) is 17.1 Å². The van der Waals surface area contributed by atoms with Gasteiger partial charge in [-0.25, -0.2) is 8.78 Å². The fourth-order valence-corrected chi connectivity index (χ4v) is 1.92. The SMILES string of the molecule is N#CC(F)(Br)c1ccc(=COBr)c(=COBr)c1F. The van der Waals surface area contributed by atoms with Gasteiger partial charge in [0.25, 0.3) is 4.58 Å². The Kier molecular flexibility index (Phi) is 5.56. The third kappa shape index (κ3) is 3.22. The summed E-state index contributed by atoms with van der Waals surface area (Å²) in [4.78, 5) is 0. The summed E-state index contributed by atoms with van der Waals surface area (Å²) in [5, 5.41) is 8.87. The standard InChI is InChI=1S/C10H4Br3F2NO2/c11-10(15,5-16)8-2-1-6(3-17-12)7(4-18-13)9(8)14/h1-4H. The molecule has 0 aliphatic carbocycles. The number of nitrogens with zero attached hydrogens (tertiary/aromatic N) is 1. The van der Waals surface area contributed by atoms with Crippen LogP contribution in [-0.4, -0.2) is 0 Å². The molecule has 1 unspecified atom stereocenters. The van der Waals surface area contributed by atoms with Gasteiger partial charge in [-0.05, 0) is 15.9 Å². The molecule has 3 nitrogen and oxygen atoms in total. The van der Waals surface area contributed by atoms with Crippen LogP contribution in [0.5, 0.6) is 0 Å². The molecule has 8 heteroatoms. The normalized spacial score (nSPS) is 16.0. The van der Waals surface area contributed by atoms with Crippen LogP contribution in [-0.2, 0) is 12.2 Å². The maximum atomic E-state index is 14.1. The van der Waals surface area contributed by atoms with Gasteiger partial charge in [-0.1, -0.05) is 12.1 Å². The van der Waals surface area contributed by atoms with E-state index in [4.69, 9.17) is 5.26 Å². The molecule has 0 aromatic heterocycles. The molecule has 0 saturated carbocycles. The Balaban J connectivity index is 3.67. The zero-order chi connectivity index (χ0) is 13.8. The summed E-state index contributed by atoms with van der Waals surface area (Å²) >= 11 is 7.83. The van der Waals surface area contributed by atoms with Crippen molar-refractivity contribution in [2.75, 3.05) is 0 Å². The summed E-state index contributed by atoms with van der Waals surface area (Å²) in [6.07, 6.45) is 2.20. The molecule has 96 valence electrons. The highest BCUT2D eigenvalue weighted by molar-refractivity contribution is 9.09. The third-order valence-corrected chi connectivity index (χ3v) is 3.00. The first kappa shape index (κ1) is 15.4. The molecule has 1 aromatic rings. The second kappa shape index (κ2) is 6.50. The molecule has 0 aliphatic heterocycles. The number of alkyl halides is 2. The summed E-state index contributed by atoms with van der Waals surface area (Å²) in [5.41, 5.74) is -0.451. The molecule has 0 saturated heterocycles. The van der Waals surface area contributed by atoms with E-state index >= 15 is 0 Å². The molecule has 0 heterocycles. The minimum Gasteiger partial charge on any atom is -0.425 e. The molecule has 18 heavy (non-hydrogen) atoms. The van der Waals surface area contributed by atoms with E-state index in [0.717, 1.165) is 12.3 Å². The summed E-state index contributed by atoms with van der Waals surface area (Å²) in [6.45, 7) is 0. The molecule has 1 rings (SSSR count). The Morgan fingerprint density at radius 3 is 2.39 bits per heavy atom. The van der Waals surface area contributed by atoms with E-state index in [9.17, 15) is 8.78 Å². The lowest BCUT2D eigenvalue weighted by atomic mass is 10.1. The summed E-state index contributed by atoms with van der Waals surface area (Å²) in [7, 11) is 0. The molecule has 1 aromatic carbocycles. The molecular weight excluding hydrogens is 444 g/mol. The van der Waals surface area contributed by atoms with Crippen molar-refractivity contribution in [1.29, 1.82) is 5.26 Å². The zero-order valence-corrected chi connectivity index (χ0v) is 13.2. The molecular formula is C10H4Br3F2NO2. The van der Waals surface area contributed by atoms with Crippen LogP contribution in [0.15, 0.2) is 12.1 Å². The van der Waals surface area contributed by atoms with Crippen molar-refractivity contribution in [1.82, 2.24) is 0 Å². The Bertz CT molecular complexity index is 598. The topological polar surface area (TPSA) is 42.2 Å². The van der Waals surface area contributed by atoms with Gasteiger partial charge >= 0.3 is 0 Å². The summed E-state index contributed by atoms with van der Waals surface area (Å²) in [6, 6.07) is 3.83. The summed E-state index contributed by atoms with van der Waals surface area (Å²) < 4.78 is 34.3. The highest BCUT2D eigenvalue weighted by Crippen LogP contribution is 2.32. The summed E-state index contributed by atoms with van der Waals surface area (Å²) in [5.74, 6) is -0.936. The van der Waals surface area contributed by atoms with Gasteiger partial charge in [0, 0.05) is 5.22 Å². The Hall–Kier alpha value is -0.650.